The van der Waals surface area contributed by atoms with Gasteiger partial charge in [0.25, 0.3) is 0 Å². The van der Waals surface area contributed by atoms with Crippen LogP contribution in [0.25, 0.3) is 0 Å². The molecule has 0 aliphatic carbocycles. The molecule has 2 bridgehead atoms. The number of rotatable bonds is 3. The molecule has 0 aromatic heterocycles. The van der Waals surface area contributed by atoms with E-state index in [0.717, 1.165) is 30.8 Å². The Balaban J connectivity index is 1.92. The fourth-order valence-electron chi connectivity index (χ4n) is 3.34. The number of piperazine rings is 1. The highest BCUT2D eigenvalue weighted by Crippen LogP contribution is 2.35. The van der Waals surface area contributed by atoms with Gasteiger partial charge in [-0.25, -0.2) is 8.42 Å². The van der Waals surface area contributed by atoms with E-state index in [1.54, 1.807) is 28.2 Å². The zero-order valence-corrected chi connectivity index (χ0v) is 13.5. The number of likely N-dealkylation sites (tertiary alicyclic amines) is 1. The highest BCUT2D eigenvalue weighted by molar-refractivity contribution is 7.98. The summed E-state index contributed by atoms with van der Waals surface area (Å²) >= 11 is 1.62. The number of benzene rings is 1. The SMILES string of the molecule is CSc1ccc(S(=O)(=O)N2C3CCC2CN(C)C3)cc1. The molecule has 0 amide bonds. The Morgan fingerprint density at radius 2 is 1.65 bits per heavy atom. The Morgan fingerprint density at radius 3 is 2.15 bits per heavy atom. The molecule has 2 saturated heterocycles. The van der Waals surface area contributed by atoms with Gasteiger partial charge in [-0.15, -0.1) is 11.8 Å². The second kappa shape index (κ2) is 5.33. The van der Waals surface area contributed by atoms with Crippen molar-refractivity contribution in [3.05, 3.63) is 24.3 Å². The number of likely N-dealkylation sites (N-methyl/N-ethyl adjacent to an activating group) is 1. The average Bonchev–Trinajstić information content (AvgIpc) is 2.72. The maximum Gasteiger partial charge on any atom is 0.243 e. The summed E-state index contributed by atoms with van der Waals surface area (Å²) < 4.78 is 27.5. The summed E-state index contributed by atoms with van der Waals surface area (Å²) in [5.41, 5.74) is 0. The van der Waals surface area contributed by atoms with E-state index in [-0.39, 0.29) is 12.1 Å². The Morgan fingerprint density at radius 1 is 1.10 bits per heavy atom. The highest BCUT2D eigenvalue weighted by Gasteiger charge is 2.45. The van der Waals surface area contributed by atoms with Crippen LogP contribution in [-0.4, -0.2) is 56.1 Å². The number of hydrogen-bond acceptors (Lipinski definition) is 4. The second-order valence-electron chi connectivity index (χ2n) is 5.62. The van der Waals surface area contributed by atoms with E-state index in [2.05, 4.69) is 11.9 Å². The lowest BCUT2D eigenvalue weighted by atomic mass is 10.2. The van der Waals surface area contributed by atoms with Crippen LogP contribution in [0.2, 0.25) is 0 Å². The number of thioether (sulfide) groups is 1. The third-order valence-electron chi connectivity index (χ3n) is 4.23. The van der Waals surface area contributed by atoms with Crippen molar-refractivity contribution < 1.29 is 8.42 Å². The summed E-state index contributed by atoms with van der Waals surface area (Å²) in [5.74, 6) is 0. The molecule has 0 N–H and O–H groups in total. The van der Waals surface area contributed by atoms with Crippen molar-refractivity contribution in [2.45, 2.75) is 34.7 Å². The minimum Gasteiger partial charge on any atom is -0.303 e. The molecular weight excluding hydrogens is 292 g/mol. The lowest BCUT2D eigenvalue weighted by molar-refractivity contribution is 0.154. The first kappa shape index (κ1) is 14.4. The van der Waals surface area contributed by atoms with Crippen LogP contribution in [0.4, 0.5) is 0 Å². The van der Waals surface area contributed by atoms with Gasteiger partial charge < -0.3 is 4.90 Å². The van der Waals surface area contributed by atoms with Crippen molar-refractivity contribution in [2.24, 2.45) is 0 Å². The first-order valence-corrected chi connectivity index (χ1v) is 9.55. The zero-order valence-electron chi connectivity index (χ0n) is 11.8. The van der Waals surface area contributed by atoms with Gasteiger partial charge in [0.15, 0.2) is 0 Å². The van der Waals surface area contributed by atoms with Gasteiger partial charge in [-0.3, -0.25) is 0 Å². The predicted molar refractivity (Wildman–Crippen MR) is 81.6 cm³/mol. The average molecular weight is 312 g/mol. The summed E-state index contributed by atoms with van der Waals surface area (Å²) in [4.78, 5) is 3.76. The number of sulfonamides is 1. The first-order valence-electron chi connectivity index (χ1n) is 6.88. The molecule has 3 rings (SSSR count). The number of fused-ring (bicyclic) bond motifs is 2. The van der Waals surface area contributed by atoms with E-state index >= 15 is 0 Å². The van der Waals surface area contributed by atoms with Crippen molar-refractivity contribution in [2.75, 3.05) is 26.4 Å². The van der Waals surface area contributed by atoms with E-state index in [0.29, 0.717) is 4.90 Å². The van der Waals surface area contributed by atoms with Crippen LogP contribution in [0.3, 0.4) is 0 Å². The second-order valence-corrected chi connectivity index (χ2v) is 8.34. The third-order valence-corrected chi connectivity index (χ3v) is 7.00. The largest absolute Gasteiger partial charge is 0.303 e. The minimum atomic E-state index is -3.35. The Kier molecular flexibility index (Phi) is 3.83. The fourth-order valence-corrected chi connectivity index (χ4v) is 5.60. The normalized spacial score (nSPS) is 27.9. The molecule has 1 aromatic rings. The lowest BCUT2D eigenvalue weighted by Crippen LogP contribution is -2.54. The van der Waals surface area contributed by atoms with Crippen LogP contribution >= 0.6 is 11.8 Å². The highest BCUT2D eigenvalue weighted by atomic mass is 32.2. The van der Waals surface area contributed by atoms with Crippen LogP contribution in [0.15, 0.2) is 34.1 Å². The van der Waals surface area contributed by atoms with Crippen LogP contribution in [-0.2, 0) is 10.0 Å². The van der Waals surface area contributed by atoms with Crippen LogP contribution in [0.5, 0.6) is 0 Å². The molecule has 2 heterocycles. The van der Waals surface area contributed by atoms with Gasteiger partial charge in [-0.05, 0) is 50.4 Å². The van der Waals surface area contributed by atoms with Crippen molar-refractivity contribution in [1.82, 2.24) is 9.21 Å². The van der Waals surface area contributed by atoms with Gasteiger partial charge in [0.2, 0.25) is 10.0 Å². The molecule has 4 nitrogen and oxygen atoms in total. The molecule has 20 heavy (non-hydrogen) atoms. The molecule has 2 aliphatic heterocycles. The summed E-state index contributed by atoms with van der Waals surface area (Å²) in [6.07, 6.45) is 3.96. The quantitative estimate of drug-likeness (QED) is 0.799. The van der Waals surface area contributed by atoms with E-state index in [1.807, 2.05) is 18.4 Å². The van der Waals surface area contributed by atoms with Gasteiger partial charge in [0.05, 0.1) is 4.90 Å². The Hall–Kier alpha value is -0.560. The molecule has 2 unspecified atom stereocenters. The summed E-state index contributed by atoms with van der Waals surface area (Å²) in [6.45, 7) is 1.69. The topological polar surface area (TPSA) is 40.6 Å². The smallest absolute Gasteiger partial charge is 0.243 e. The minimum absolute atomic E-state index is 0.143. The van der Waals surface area contributed by atoms with Gasteiger partial charge >= 0.3 is 0 Å². The molecule has 0 radical (unpaired) electrons. The fraction of sp³-hybridized carbons (Fsp3) is 0.571. The Bertz CT molecular complexity index is 572. The maximum absolute atomic E-state index is 12.9. The first-order chi connectivity index (χ1) is 9.52. The van der Waals surface area contributed by atoms with Crippen LogP contribution < -0.4 is 0 Å². The van der Waals surface area contributed by atoms with E-state index in [1.165, 1.54) is 0 Å². The zero-order chi connectivity index (χ0) is 14.3. The van der Waals surface area contributed by atoms with Crippen molar-refractivity contribution in [1.29, 1.82) is 0 Å². The summed E-state index contributed by atoms with van der Waals surface area (Å²) in [7, 11) is -1.28. The van der Waals surface area contributed by atoms with E-state index in [9.17, 15) is 8.42 Å². The molecule has 2 atom stereocenters. The predicted octanol–water partition coefficient (Wildman–Crippen LogP) is 1.88. The maximum atomic E-state index is 12.9. The lowest BCUT2D eigenvalue weighted by Gasteiger charge is -2.38. The molecule has 0 saturated carbocycles. The van der Waals surface area contributed by atoms with Gasteiger partial charge in [-0.1, -0.05) is 0 Å². The van der Waals surface area contributed by atoms with Crippen molar-refractivity contribution >= 4 is 21.8 Å². The number of nitrogens with zero attached hydrogens (tertiary/aromatic N) is 2. The molecule has 6 heteroatoms. The van der Waals surface area contributed by atoms with Crippen molar-refractivity contribution in [3.8, 4) is 0 Å². The molecule has 2 aliphatic rings. The summed E-state index contributed by atoms with van der Waals surface area (Å²) in [6, 6.07) is 7.52. The Labute approximate surface area is 125 Å². The van der Waals surface area contributed by atoms with Gasteiger partial charge in [0.1, 0.15) is 0 Å². The molecule has 110 valence electrons. The van der Waals surface area contributed by atoms with Crippen molar-refractivity contribution in [3.63, 3.8) is 0 Å². The summed E-state index contributed by atoms with van der Waals surface area (Å²) in [5, 5.41) is 0. The molecular formula is C14H20N2O2S2. The molecule has 1 aromatic carbocycles. The monoisotopic (exact) mass is 312 g/mol. The molecule has 2 fully saturated rings. The van der Waals surface area contributed by atoms with E-state index in [4.69, 9.17) is 0 Å². The molecule has 0 spiro atoms. The third kappa shape index (κ3) is 2.39. The number of hydrogen-bond donors (Lipinski definition) is 0. The van der Waals surface area contributed by atoms with E-state index < -0.39 is 10.0 Å². The van der Waals surface area contributed by atoms with Crippen LogP contribution in [0.1, 0.15) is 12.8 Å². The van der Waals surface area contributed by atoms with Gasteiger partial charge in [-0.2, -0.15) is 4.31 Å². The standard InChI is InChI=1S/C14H20N2O2S2/c1-15-9-11-3-4-12(10-15)16(11)20(17,18)14-7-5-13(19-2)6-8-14/h5-8,11-12H,3-4,9-10H2,1-2H3. The van der Waals surface area contributed by atoms with Crippen LogP contribution in [0, 0.1) is 0 Å². The van der Waals surface area contributed by atoms with Gasteiger partial charge in [0, 0.05) is 30.1 Å².